The number of amides is 2. The monoisotopic (exact) mass is 261 g/mol. The largest absolute Gasteiger partial charge is 0.376 e. The zero-order chi connectivity index (χ0) is 13.7. The summed E-state index contributed by atoms with van der Waals surface area (Å²) < 4.78 is 0. The minimum Gasteiger partial charge on any atom is -0.376 e. The molecule has 2 amide bonds. The molecule has 1 atom stereocenters. The number of anilines is 1. The molecule has 0 aromatic heterocycles. The van der Waals surface area contributed by atoms with E-state index >= 15 is 0 Å². The lowest BCUT2D eigenvalue weighted by atomic mass is 9.97. The van der Waals surface area contributed by atoms with Gasteiger partial charge in [0.15, 0.2) is 0 Å². The smallest absolute Gasteiger partial charge is 0.241 e. The standard InChI is InChI=1S/C14H19N3O2/c15-14(19)11-5-4-8-17(10-11)13(18)9-16-12-6-2-1-3-7-12/h1-3,6-7,11,16H,4-5,8-10H2,(H2,15,19)/t11-/m1/s1. The Bertz CT molecular complexity index is 447. The van der Waals surface area contributed by atoms with E-state index in [0.29, 0.717) is 13.1 Å². The number of primary amides is 1. The first-order chi connectivity index (χ1) is 9.16. The van der Waals surface area contributed by atoms with Gasteiger partial charge < -0.3 is 16.0 Å². The van der Waals surface area contributed by atoms with E-state index in [1.807, 2.05) is 30.3 Å². The maximum Gasteiger partial charge on any atom is 0.241 e. The van der Waals surface area contributed by atoms with Gasteiger partial charge in [0.05, 0.1) is 12.5 Å². The summed E-state index contributed by atoms with van der Waals surface area (Å²) in [5.74, 6) is -0.502. The molecule has 5 nitrogen and oxygen atoms in total. The highest BCUT2D eigenvalue weighted by Gasteiger charge is 2.26. The van der Waals surface area contributed by atoms with Crippen LogP contribution in [0.1, 0.15) is 12.8 Å². The number of benzene rings is 1. The van der Waals surface area contributed by atoms with Gasteiger partial charge in [-0.2, -0.15) is 0 Å². The Morgan fingerprint density at radius 3 is 2.74 bits per heavy atom. The molecule has 0 saturated carbocycles. The van der Waals surface area contributed by atoms with Crippen molar-refractivity contribution in [1.82, 2.24) is 4.90 Å². The van der Waals surface area contributed by atoms with Crippen molar-refractivity contribution in [3.63, 3.8) is 0 Å². The second-order valence-corrected chi connectivity index (χ2v) is 4.80. The number of piperidine rings is 1. The van der Waals surface area contributed by atoms with Gasteiger partial charge in [0, 0.05) is 18.8 Å². The van der Waals surface area contributed by atoms with Crippen LogP contribution in [0.15, 0.2) is 30.3 Å². The van der Waals surface area contributed by atoms with Gasteiger partial charge in [-0.3, -0.25) is 9.59 Å². The number of nitrogens with one attached hydrogen (secondary N) is 1. The molecule has 0 unspecified atom stereocenters. The minimum atomic E-state index is -0.312. The predicted octanol–water partition coefficient (Wildman–Crippen LogP) is 0.822. The number of hydrogen-bond acceptors (Lipinski definition) is 3. The average molecular weight is 261 g/mol. The molecule has 1 aromatic rings. The van der Waals surface area contributed by atoms with Crippen molar-refractivity contribution >= 4 is 17.5 Å². The maximum atomic E-state index is 12.1. The fourth-order valence-electron chi connectivity index (χ4n) is 2.28. The summed E-state index contributed by atoms with van der Waals surface area (Å²) >= 11 is 0. The number of rotatable bonds is 4. The third-order valence-electron chi connectivity index (χ3n) is 3.39. The van der Waals surface area contributed by atoms with Crippen LogP contribution < -0.4 is 11.1 Å². The molecule has 0 spiro atoms. The summed E-state index contributed by atoms with van der Waals surface area (Å²) in [4.78, 5) is 24.9. The zero-order valence-corrected chi connectivity index (χ0v) is 10.8. The average Bonchev–Trinajstić information content (AvgIpc) is 2.46. The first-order valence-electron chi connectivity index (χ1n) is 6.53. The minimum absolute atomic E-state index is 0.00908. The molecule has 1 saturated heterocycles. The highest BCUT2D eigenvalue weighted by atomic mass is 16.2. The van der Waals surface area contributed by atoms with Crippen molar-refractivity contribution in [3.8, 4) is 0 Å². The van der Waals surface area contributed by atoms with Crippen LogP contribution in [0, 0.1) is 5.92 Å². The predicted molar refractivity (Wildman–Crippen MR) is 73.4 cm³/mol. The van der Waals surface area contributed by atoms with Gasteiger partial charge in [0.2, 0.25) is 11.8 Å². The van der Waals surface area contributed by atoms with Crippen LogP contribution in [0.5, 0.6) is 0 Å². The summed E-state index contributed by atoms with van der Waals surface area (Å²) in [6.07, 6.45) is 1.62. The molecule has 1 aliphatic rings. The van der Waals surface area contributed by atoms with Gasteiger partial charge in [0.1, 0.15) is 0 Å². The lowest BCUT2D eigenvalue weighted by Gasteiger charge is -2.31. The molecule has 0 bridgehead atoms. The van der Waals surface area contributed by atoms with Gasteiger partial charge in [-0.05, 0) is 25.0 Å². The van der Waals surface area contributed by atoms with E-state index in [0.717, 1.165) is 18.5 Å². The van der Waals surface area contributed by atoms with Crippen molar-refractivity contribution in [2.45, 2.75) is 12.8 Å². The zero-order valence-electron chi connectivity index (χ0n) is 10.8. The van der Waals surface area contributed by atoms with Crippen LogP contribution in [0.25, 0.3) is 0 Å². The molecule has 102 valence electrons. The van der Waals surface area contributed by atoms with Gasteiger partial charge >= 0.3 is 0 Å². The topological polar surface area (TPSA) is 75.4 Å². The van der Waals surface area contributed by atoms with Crippen LogP contribution in [-0.2, 0) is 9.59 Å². The van der Waals surface area contributed by atoms with Gasteiger partial charge in [-0.15, -0.1) is 0 Å². The summed E-state index contributed by atoms with van der Waals surface area (Å²) in [6, 6.07) is 9.58. The number of para-hydroxylation sites is 1. The van der Waals surface area contributed by atoms with E-state index in [1.54, 1.807) is 4.90 Å². The quantitative estimate of drug-likeness (QED) is 0.842. The lowest BCUT2D eigenvalue weighted by molar-refractivity contribution is -0.133. The van der Waals surface area contributed by atoms with Gasteiger partial charge in [-0.25, -0.2) is 0 Å². The van der Waals surface area contributed by atoms with Crippen LogP contribution in [0.4, 0.5) is 5.69 Å². The number of hydrogen-bond donors (Lipinski definition) is 2. The SMILES string of the molecule is NC(=O)[C@@H]1CCCN(C(=O)CNc2ccccc2)C1. The Hall–Kier alpha value is -2.04. The molecule has 0 radical (unpaired) electrons. The molecule has 1 aromatic carbocycles. The Morgan fingerprint density at radius 2 is 2.05 bits per heavy atom. The Labute approximate surface area is 112 Å². The Balaban J connectivity index is 1.84. The van der Waals surface area contributed by atoms with Crippen molar-refractivity contribution in [2.24, 2.45) is 11.7 Å². The summed E-state index contributed by atoms with van der Waals surface area (Å²) in [5.41, 5.74) is 6.22. The highest BCUT2D eigenvalue weighted by Crippen LogP contribution is 2.16. The third kappa shape index (κ3) is 3.71. The second kappa shape index (κ2) is 6.22. The van der Waals surface area contributed by atoms with E-state index in [4.69, 9.17) is 5.73 Å². The van der Waals surface area contributed by atoms with E-state index in [-0.39, 0.29) is 24.3 Å². The number of likely N-dealkylation sites (tertiary alicyclic amines) is 1. The Kier molecular flexibility index (Phi) is 4.39. The summed E-state index contributed by atoms with van der Waals surface area (Å²) in [5, 5.41) is 3.08. The van der Waals surface area contributed by atoms with Crippen LogP contribution in [0.2, 0.25) is 0 Å². The first-order valence-corrected chi connectivity index (χ1v) is 6.53. The van der Waals surface area contributed by atoms with Crippen molar-refractivity contribution < 1.29 is 9.59 Å². The number of nitrogens with zero attached hydrogens (tertiary/aromatic N) is 1. The molecule has 2 rings (SSSR count). The molecule has 1 fully saturated rings. The van der Waals surface area contributed by atoms with Crippen LogP contribution in [-0.4, -0.2) is 36.3 Å². The maximum absolute atomic E-state index is 12.1. The lowest BCUT2D eigenvalue weighted by Crippen LogP contribution is -2.45. The molecule has 19 heavy (non-hydrogen) atoms. The third-order valence-corrected chi connectivity index (χ3v) is 3.39. The molecule has 1 aliphatic heterocycles. The molecule has 3 N–H and O–H groups in total. The second-order valence-electron chi connectivity index (χ2n) is 4.80. The highest BCUT2D eigenvalue weighted by molar-refractivity contribution is 5.82. The molecular weight excluding hydrogens is 242 g/mol. The fourth-order valence-corrected chi connectivity index (χ4v) is 2.28. The summed E-state index contributed by atoms with van der Waals surface area (Å²) in [6.45, 7) is 1.40. The van der Waals surface area contributed by atoms with Gasteiger partial charge in [0.25, 0.3) is 0 Å². The van der Waals surface area contributed by atoms with E-state index in [9.17, 15) is 9.59 Å². The molecule has 5 heteroatoms. The Morgan fingerprint density at radius 1 is 1.32 bits per heavy atom. The van der Waals surface area contributed by atoms with E-state index in [2.05, 4.69) is 5.32 Å². The van der Waals surface area contributed by atoms with Crippen molar-refractivity contribution in [3.05, 3.63) is 30.3 Å². The van der Waals surface area contributed by atoms with Crippen LogP contribution >= 0.6 is 0 Å². The normalized spacial score (nSPS) is 18.9. The molecular formula is C14H19N3O2. The molecule has 1 heterocycles. The number of carbonyl (C=O) groups excluding carboxylic acids is 2. The fraction of sp³-hybridized carbons (Fsp3) is 0.429. The summed E-state index contributed by atoms with van der Waals surface area (Å²) in [7, 11) is 0. The number of nitrogens with two attached hydrogens (primary N) is 1. The van der Waals surface area contributed by atoms with Crippen molar-refractivity contribution in [1.29, 1.82) is 0 Å². The number of carbonyl (C=O) groups is 2. The molecule has 0 aliphatic carbocycles. The van der Waals surface area contributed by atoms with Crippen molar-refractivity contribution in [2.75, 3.05) is 25.0 Å². The van der Waals surface area contributed by atoms with Gasteiger partial charge in [-0.1, -0.05) is 18.2 Å². The first kappa shape index (κ1) is 13.4. The van der Waals surface area contributed by atoms with Crippen LogP contribution in [0.3, 0.4) is 0 Å². The van der Waals surface area contributed by atoms with E-state index in [1.165, 1.54) is 0 Å². The van der Waals surface area contributed by atoms with E-state index < -0.39 is 0 Å².